The Hall–Kier alpha value is -2.93. The summed E-state index contributed by atoms with van der Waals surface area (Å²) in [5.74, 6) is -0.177. The second-order valence-corrected chi connectivity index (χ2v) is 5.04. The predicted octanol–water partition coefficient (Wildman–Crippen LogP) is 1.98. The summed E-state index contributed by atoms with van der Waals surface area (Å²) >= 11 is 0. The number of methoxy groups -OCH3 is 1. The molecule has 0 aliphatic rings. The van der Waals surface area contributed by atoms with E-state index in [1.807, 2.05) is 35.1 Å². The summed E-state index contributed by atoms with van der Waals surface area (Å²) in [5, 5.41) is 11.1. The number of hydrogen-bond donors (Lipinski definition) is 1. The number of amides is 1. The molecule has 3 rings (SSSR count). The summed E-state index contributed by atoms with van der Waals surface area (Å²) in [5.41, 5.74) is 2.23. The smallest absolute Gasteiger partial charge is 0.255 e. The molecule has 1 aromatic carbocycles. The third-order valence-corrected chi connectivity index (χ3v) is 3.25. The van der Waals surface area contributed by atoms with E-state index >= 15 is 0 Å². The maximum atomic E-state index is 12.3. The van der Waals surface area contributed by atoms with Gasteiger partial charge < -0.3 is 10.1 Å². The number of carbonyl (C=O) groups is 1. The fourth-order valence-corrected chi connectivity index (χ4v) is 2.23. The fraction of sp³-hybridized carbons (Fsp3) is 0.188. The topological polar surface area (TPSA) is 74.0 Å². The molecule has 0 radical (unpaired) electrons. The standard InChI is InChI=1S/C16H17N5O2/c1-23-12-21-11-15(9-18-21)19-16(22)14-5-2-4-13(8-14)10-20-7-3-6-17-20/h2-9,11H,10,12H2,1H3,(H,19,22). The van der Waals surface area contributed by atoms with Gasteiger partial charge >= 0.3 is 0 Å². The molecule has 0 saturated heterocycles. The van der Waals surface area contributed by atoms with Crippen LogP contribution < -0.4 is 5.32 Å². The zero-order valence-corrected chi connectivity index (χ0v) is 12.7. The van der Waals surface area contributed by atoms with Gasteiger partial charge in [-0.25, -0.2) is 4.68 Å². The average Bonchev–Trinajstić information content (AvgIpc) is 3.20. The van der Waals surface area contributed by atoms with Crippen molar-refractivity contribution in [2.45, 2.75) is 13.3 Å². The van der Waals surface area contributed by atoms with Crippen LogP contribution in [0.15, 0.2) is 55.1 Å². The molecule has 7 heteroatoms. The van der Waals surface area contributed by atoms with Crippen LogP contribution in [-0.4, -0.2) is 32.6 Å². The second kappa shape index (κ2) is 6.89. The number of nitrogens with one attached hydrogen (secondary N) is 1. The average molecular weight is 311 g/mol. The lowest BCUT2D eigenvalue weighted by Crippen LogP contribution is -2.12. The quantitative estimate of drug-likeness (QED) is 0.755. The molecular weight excluding hydrogens is 294 g/mol. The molecule has 0 fully saturated rings. The van der Waals surface area contributed by atoms with Gasteiger partial charge in [0.15, 0.2) is 0 Å². The number of aromatic nitrogens is 4. The Morgan fingerprint density at radius 3 is 2.96 bits per heavy atom. The number of hydrogen-bond acceptors (Lipinski definition) is 4. The van der Waals surface area contributed by atoms with Crippen molar-refractivity contribution in [1.82, 2.24) is 19.6 Å². The third kappa shape index (κ3) is 3.83. The van der Waals surface area contributed by atoms with E-state index in [0.29, 0.717) is 24.5 Å². The summed E-state index contributed by atoms with van der Waals surface area (Å²) in [4.78, 5) is 12.3. The lowest BCUT2D eigenvalue weighted by molar-refractivity contribution is 0.102. The van der Waals surface area contributed by atoms with Crippen molar-refractivity contribution in [1.29, 1.82) is 0 Å². The molecule has 0 aliphatic heterocycles. The van der Waals surface area contributed by atoms with Gasteiger partial charge in [0.25, 0.3) is 5.91 Å². The van der Waals surface area contributed by atoms with Crippen LogP contribution in [0.2, 0.25) is 0 Å². The molecule has 0 spiro atoms. The van der Waals surface area contributed by atoms with Crippen LogP contribution >= 0.6 is 0 Å². The van der Waals surface area contributed by atoms with Gasteiger partial charge in [0, 0.05) is 25.1 Å². The van der Waals surface area contributed by atoms with Gasteiger partial charge in [-0.05, 0) is 23.8 Å². The van der Waals surface area contributed by atoms with E-state index in [-0.39, 0.29) is 5.91 Å². The second-order valence-electron chi connectivity index (χ2n) is 5.04. The van der Waals surface area contributed by atoms with E-state index in [0.717, 1.165) is 5.56 Å². The molecule has 1 N–H and O–H groups in total. The lowest BCUT2D eigenvalue weighted by atomic mass is 10.1. The summed E-state index contributed by atoms with van der Waals surface area (Å²) in [6.07, 6.45) is 6.92. The van der Waals surface area contributed by atoms with Crippen molar-refractivity contribution >= 4 is 11.6 Å². The summed E-state index contributed by atoms with van der Waals surface area (Å²) < 4.78 is 8.39. The highest BCUT2D eigenvalue weighted by Gasteiger charge is 2.08. The van der Waals surface area contributed by atoms with Crippen molar-refractivity contribution in [2.24, 2.45) is 0 Å². The minimum Gasteiger partial charge on any atom is -0.362 e. The first kappa shape index (κ1) is 15.0. The normalized spacial score (nSPS) is 10.7. The zero-order valence-electron chi connectivity index (χ0n) is 12.7. The van der Waals surface area contributed by atoms with Crippen LogP contribution in [0, 0.1) is 0 Å². The van der Waals surface area contributed by atoms with Crippen LogP contribution in [0.5, 0.6) is 0 Å². The molecule has 23 heavy (non-hydrogen) atoms. The number of carbonyl (C=O) groups excluding carboxylic acids is 1. The number of ether oxygens (including phenoxy) is 1. The molecule has 0 unspecified atom stereocenters. The van der Waals surface area contributed by atoms with E-state index < -0.39 is 0 Å². The monoisotopic (exact) mass is 311 g/mol. The molecule has 0 saturated carbocycles. The molecule has 2 aromatic heterocycles. The maximum Gasteiger partial charge on any atom is 0.255 e. The van der Waals surface area contributed by atoms with Crippen LogP contribution in [0.4, 0.5) is 5.69 Å². The van der Waals surface area contributed by atoms with Gasteiger partial charge in [-0.2, -0.15) is 10.2 Å². The Bertz CT molecular complexity index is 779. The number of anilines is 1. The van der Waals surface area contributed by atoms with E-state index in [1.165, 1.54) is 0 Å². The van der Waals surface area contributed by atoms with E-state index in [9.17, 15) is 4.79 Å². The molecule has 2 heterocycles. The van der Waals surface area contributed by atoms with Crippen molar-refractivity contribution in [3.05, 3.63) is 66.2 Å². The molecule has 3 aromatic rings. The first-order valence-electron chi connectivity index (χ1n) is 7.14. The van der Waals surface area contributed by atoms with Crippen molar-refractivity contribution in [3.63, 3.8) is 0 Å². The van der Waals surface area contributed by atoms with Gasteiger partial charge in [-0.1, -0.05) is 12.1 Å². The highest BCUT2D eigenvalue weighted by molar-refractivity contribution is 6.04. The van der Waals surface area contributed by atoms with Crippen molar-refractivity contribution < 1.29 is 9.53 Å². The van der Waals surface area contributed by atoms with Crippen LogP contribution in [0.1, 0.15) is 15.9 Å². The molecule has 0 aliphatic carbocycles. The molecule has 7 nitrogen and oxygen atoms in total. The highest BCUT2D eigenvalue weighted by Crippen LogP contribution is 2.11. The van der Waals surface area contributed by atoms with E-state index in [4.69, 9.17) is 4.74 Å². The number of benzene rings is 1. The minimum absolute atomic E-state index is 0.177. The summed E-state index contributed by atoms with van der Waals surface area (Å²) in [6, 6.07) is 9.34. The Balaban J connectivity index is 1.69. The van der Waals surface area contributed by atoms with Gasteiger partial charge in [0.2, 0.25) is 0 Å². The first-order chi connectivity index (χ1) is 11.2. The van der Waals surface area contributed by atoms with Crippen molar-refractivity contribution in [3.8, 4) is 0 Å². The SMILES string of the molecule is COCn1cc(NC(=O)c2cccc(Cn3cccn3)c2)cn1. The van der Waals surface area contributed by atoms with E-state index in [1.54, 1.807) is 36.4 Å². The predicted molar refractivity (Wildman–Crippen MR) is 85.0 cm³/mol. The summed E-state index contributed by atoms with van der Waals surface area (Å²) in [6.45, 7) is 0.967. The zero-order chi connectivity index (χ0) is 16.1. The van der Waals surface area contributed by atoms with Crippen LogP contribution in [0.25, 0.3) is 0 Å². The van der Waals surface area contributed by atoms with Gasteiger partial charge in [-0.3, -0.25) is 9.48 Å². The van der Waals surface area contributed by atoms with Crippen LogP contribution in [-0.2, 0) is 18.0 Å². The number of rotatable bonds is 6. The Kier molecular flexibility index (Phi) is 4.49. The number of nitrogens with zero attached hydrogens (tertiary/aromatic N) is 4. The van der Waals surface area contributed by atoms with Gasteiger partial charge in [0.1, 0.15) is 6.73 Å². The van der Waals surface area contributed by atoms with Crippen LogP contribution in [0.3, 0.4) is 0 Å². The maximum absolute atomic E-state index is 12.3. The largest absolute Gasteiger partial charge is 0.362 e. The Morgan fingerprint density at radius 2 is 2.17 bits per heavy atom. The molecule has 118 valence electrons. The Morgan fingerprint density at radius 1 is 1.26 bits per heavy atom. The molecular formula is C16H17N5O2. The Labute approximate surface area is 133 Å². The third-order valence-electron chi connectivity index (χ3n) is 3.25. The lowest BCUT2D eigenvalue weighted by Gasteiger charge is -2.06. The fourth-order valence-electron chi connectivity index (χ4n) is 2.23. The van der Waals surface area contributed by atoms with Gasteiger partial charge in [0.05, 0.1) is 24.6 Å². The molecule has 0 bridgehead atoms. The minimum atomic E-state index is -0.177. The molecule has 0 atom stereocenters. The van der Waals surface area contributed by atoms with Crippen molar-refractivity contribution in [2.75, 3.05) is 12.4 Å². The van der Waals surface area contributed by atoms with Gasteiger partial charge in [-0.15, -0.1) is 0 Å². The molecule has 1 amide bonds. The van der Waals surface area contributed by atoms with E-state index in [2.05, 4.69) is 15.5 Å². The highest BCUT2D eigenvalue weighted by atomic mass is 16.5. The first-order valence-corrected chi connectivity index (χ1v) is 7.14. The summed E-state index contributed by atoms with van der Waals surface area (Å²) in [7, 11) is 1.59.